The molecule has 0 saturated heterocycles. The lowest BCUT2D eigenvalue weighted by atomic mass is 10.1. The Morgan fingerprint density at radius 1 is 1.50 bits per heavy atom. The molecule has 0 aliphatic carbocycles. The minimum Gasteiger partial charge on any atom is -0.483 e. The van der Waals surface area contributed by atoms with E-state index >= 15 is 0 Å². The molecule has 1 rings (SSSR count). The second kappa shape index (κ2) is 6.25. The van der Waals surface area contributed by atoms with Gasteiger partial charge in [-0.15, -0.1) is 0 Å². The number of hydrogen-bond donors (Lipinski definition) is 2. The number of carboxylic acids is 1. The fourth-order valence-corrected chi connectivity index (χ4v) is 1.26. The van der Waals surface area contributed by atoms with Crippen molar-refractivity contribution in [1.82, 2.24) is 5.32 Å². The van der Waals surface area contributed by atoms with Crippen molar-refractivity contribution in [2.45, 2.75) is 6.92 Å². The highest BCUT2D eigenvalue weighted by molar-refractivity contribution is 5.91. The summed E-state index contributed by atoms with van der Waals surface area (Å²) in [6.45, 7) is 1.35. The molecule has 0 fully saturated rings. The molecule has 0 heterocycles. The van der Waals surface area contributed by atoms with Crippen molar-refractivity contribution < 1.29 is 19.4 Å². The van der Waals surface area contributed by atoms with E-state index in [2.05, 4.69) is 5.32 Å². The standard InChI is InChI=1S/C12H12N2O4/c1-8-2-3-9(12(16)17)10(6-8)18-7-11(15)14-5-4-13/h2-3,6H,5,7H2,1H3,(H,14,15)(H,16,17). The lowest BCUT2D eigenvalue weighted by Crippen LogP contribution is -2.29. The normalized spacial score (nSPS) is 9.33. The van der Waals surface area contributed by atoms with Crippen LogP contribution in [0.25, 0.3) is 0 Å². The number of aryl methyl sites for hydroxylation is 1. The van der Waals surface area contributed by atoms with Crippen LogP contribution in [0.3, 0.4) is 0 Å². The van der Waals surface area contributed by atoms with Crippen molar-refractivity contribution in [3.63, 3.8) is 0 Å². The second-order valence-electron chi connectivity index (χ2n) is 3.53. The van der Waals surface area contributed by atoms with E-state index in [-0.39, 0.29) is 24.5 Å². The van der Waals surface area contributed by atoms with Crippen LogP contribution in [0.1, 0.15) is 15.9 Å². The van der Waals surface area contributed by atoms with E-state index in [1.807, 2.05) is 0 Å². The van der Waals surface area contributed by atoms with E-state index in [9.17, 15) is 9.59 Å². The summed E-state index contributed by atoms with van der Waals surface area (Å²) in [5, 5.41) is 19.5. The lowest BCUT2D eigenvalue weighted by Gasteiger charge is -2.09. The summed E-state index contributed by atoms with van der Waals surface area (Å²) in [5.74, 6) is -1.47. The number of nitriles is 1. The Morgan fingerprint density at radius 2 is 2.22 bits per heavy atom. The van der Waals surface area contributed by atoms with Crippen molar-refractivity contribution in [2.75, 3.05) is 13.2 Å². The van der Waals surface area contributed by atoms with E-state index in [4.69, 9.17) is 15.1 Å². The van der Waals surface area contributed by atoms with Crippen molar-refractivity contribution in [3.05, 3.63) is 29.3 Å². The van der Waals surface area contributed by atoms with Gasteiger partial charge in [0, 0.05) is 0 Å². The predicted molar refractivity (Wildman–Crippen MR) is 62.3 cm³/mol. The molecule has 0 atom stereocenters. The minimum absolute atomic E-state index is 0.00585. The molecule has 0 radical (unpaired) electrons. The number of ether oxygens (including phenoxy) is 1. The topological polar surface area (TPSA) is 99.4 Å². The summed E-state index contributed by atoms with van der Waals surface area (Å²) in [7, 11) is 0. The van der Waals surface area contributed by atoms with Crippen LogP contribution < -0.4 is 10.1 Å². The van der Waals surface area contributed by atoms with Gasteiger partial charge in [0.25, 0.3) is 5.91 Å². The highest BCUT2D eigenvalue weighted by Crippen LogP contribution is 2.20. The number of rotatable bonds is 5. The Hall–Kier alpha value is -2.55. The summed E-state index contributed by atoms with van der Waals surface area (Å²) in [4.78, 5) is 22.1. The molecule has 0 aliphatic heterocycles. The Bertz CT molecular complexity index is 505. The van der Waals surface area contributed by atoms with Crippen LogP contribution in [0, 0.1) is 18.3 Å². The molecule has 1 aromatic carbocycles. The zero-order chi connectivity index (χ0) is 13.5. The van der Waals surface area contributed by atoms with Gasteiger partial charge in [0.15, 0.2) is 6.61 Å². The zero-order valence-corrected chi connectivity index (χ0v) is 9.77. The van der Waals surface area contributed by atoms with Crippen LogP contribution in [-0.4, -0.2) is 30.1 Å². The van der Waals surface area contributed by atoms with Crippen molar-refractivity contribution in [1.29, 1.82) is 5.26 Å². The third-order valence-corrected chi connectivity index (χ3v) is 2.09. The average molecular weight is 248 g/mol. The number of carbonyl (C=O) groups is 2. The van der Waals surface area contributed by atoms with Gasteiger partial charge in [-0.05, 0) is 24.6 Å². The lowest BCUT2D eigenvalue weighted by molar-refractivity contribution is -0.122. The van der Waals surface area contributed by atoms with Gasteiger partial charge in [-0.3, -0.25) is 4.79 Å². The molecule has 6 heteroatoms. The molecule has 0 saturated carbocycles. The van der Waals surface area contributed by atoms with Crippen LogP contribution in [0.2, 0.25) is 0 Å². The predicted octanol–water partition coefficient (Wildman–Crippen LogP) is 0.712. The molecular weight excluding hydrogens is 236 g/mol. The van der Waals surface area contributed by atoms with Crippen LogP contribution in [0.5, 0.6) is 5.75 Å². The first-order chi connectivity index (χ1) is 8.54. The largest absolute Gasteiger partial charge is 0.483 e. The Balaban J connectivity index is 2.72. The van der Waals surface area contributed by atoms with Crippen molar-refractivity contribution in [2.24, 2.45) is 0 Å². The molecule has 94 valence electrons. The molecular formula is C12H12N2O4. The number of nitrogens with zero attached hydrogens (tertiary/aromatic N) is 1. The van der Waals surface area contributed by atoms with Gasteiger partial charge >= 0.3 is 5.97 Å². The van der Waals surface area contributed by atoms with E-state index in [0.29, 0.717) is 0 Å². The smallest absolute Gasteiger partial charge is 0.339 e. The summed E-state index contributed by atoms with van der Waals surface area (Å²) < 4.78 is 5.14. The summed E-state index contributed by atoms with van der Waals surface area (Å²) in [6, 6.07) is 6.36. The van der Waals surface area contributed by atoms with Gasteiger partial charge in [0.05, 0.1) is 6.07 Å². The number of nitrogens with one attached hydrogen (secondary N) is 1. The van der Waals surface area contributed by atoms with Crippen LogP contribution in [0.4, 0.5) is 0 Å². The molecule has 1 amide bonds. The van der Waals surface area contributed by atoms with Gasteiger partial charge in [-0.1, -0.05) is 6.07 Å². The first kappa shape index (κ1) is 13.5. The van der Waals surface area contributed by atoms with Crippen LogP contribution in [-0.2, 0) is 4.79 Å². The van der Waals surface area contributed by atoms with E-state index in [0.717, 1.165) is 5.56 Å². The molecule has 6 nitrogen and oxygen atoms in total. The number of amides is 1. The van der Waals surface area contributed by atoms with Crippen molar-refractivity contribution in [3.8, 4) is 11.8 Å². The van der Waals surface area contributed by atoms with Gasteiger partial charge in [0.1, 0.15) is 17.9 Å². The number of hydrogen-bond acceptors (Lipinski definition) is 4. The summed E-state index contributed by atoms with van der Waals surface area (Å²) in [6.07, 6.45) is 0. The number of benzene rings is 1. The monoisotopic (exact) mass is 248 g/mol. The molecule has 0 aromatic heterocycles. The third-order valence-electron chi connectivity index (χ3n) is 2.09. The summed E-state index contributed by atoms with van der Waals surface area (Å²) >= 11 is 0. The maximum atomic E-state index is 11.2. The first-order valence-electron chi connectivity index (χ1n) is 5.15. The van der Waals surface area contributed by atoms with E-state index in [1.54, 1.807) is 25.1 Å². The van der Waals surface area contributed by atoms with Crippen molar-refractivity contribution >= 4 is 11.9 Å². The SMILES string of the molecule is Cc1ccc(C(=O)O)c(OCC(=O)NCC#N)c1. The fourth-order valence-electron chi connectivity index (χ4n) is 1.26. The molecule has 1 aromatic rings. The Kier molecular flexibility index (Phi) is 4.69. The van der Waals surface area contributed by atoms with E-state index < -0.39 is 11.9 Å². The highest BCUT2D eigenvalue weighted by Gasteiger charge is 2.12. The van der Waals surface area contributed by atoms with E-state index in [1.165, 1.54) is 6.07 Å². The highest BCUT2D eigenvalue weighted by atomic mass is 16.5. The van der Waals surface area contributed by atoms with Gasteiger partial charge in [0.2, 0.25) is 0 Å². The van der Waals surface area contributed by atoms with Gasteiger partial charge < -0.3 is 15.2 Å². The maximum absolute atomic E-state index is 11.2. The molecule has 0 unspecified atom stereocenters. The third kappa shape index (κ3) is 3.79. The average Bonchev–Trinajstić information content (AvgIpc) is 2.33. The number of carbonyl (C=O) groups excluding carboxylic acids is 1. The molecule has 0 aliphatic rings. The Labute approximate surface area is 104 Å². The molecule has 2 N–H and O–H groups in total. The quantitative estimate of drug-likeness (QED) is 0.747. The molecule has 0 spiro atoms. The zero-order valence-electron chi connectivity index (χ0n) is 9.77. The number of aromatic carboxylic acids is 1. The molecule has 18 heavy (non-hydrogen) atoms. The van der Waals surface area contributed by atoms with Gasteiger partial charge in [-0.25, -0.2) is 4.79 Å². The minimum atomic E-state index is -1.12. The number of carboxylic acid groups (broad SMARTS) is 1. The second-order valence-corrected chi connectivity index (χ2v) is 3.53. The van der Waals surface area contributed by atoms with Crippen LogP contribution in [0.15, 0.2) is 18.2 Å². The summed E-state index contributed by atoms with van der Waals surface area (Å²) in [5.41, 5.74) is 0.820. The first-order valence-corrected chi connectivity index (χ1v) is 5.15. The van der Waals surface area contributed by atoms with Crippen LogP contribution >= 0.6 is 0 Å². The maximum Gasteiger partial charge on any atom is 0.339 e. The van der Waals surface area contributed by atoms with Gasteiger partial charge in [-0.2, -0.15) is 5.26 Å². The molecule has 0 bridgehead atoms. The fraction of sp³-hybridized carbons (Fsp3) is 0.250. The Morgan fingerprint density at radius 3 is 2.83 bits per heavy atom.